The Morgan fingerprint density at radius 1 is 1.09 bits per heavy atom. The molecule has 0 aromatic heterocycles. The first kappa shape index (κ1) is 17.1. The van der Waals surface area contributed by atoms with Gasteiger partial charge in [-0.3, -0.25) is 0 Å². The number of esters is 2. The molecule has 1 aliphatic rings. The maximum atomic E-state index is 11.9. The SMILES string of the molecule is CCOC(=O)C(=CNc1cccc2c1CCCC2)C(=O)OCC. The molecule has 0 radical (unpaired) electrons. The highest BCUT2D eigenvalue weighted by molar-refractivity contribution is 6.14. The van der Waals surface area contributed by atoms with Crippen molar-refractivity contribution >= 4 is 17.6 Å². The van der Waals surface area contributed by atoms with Gasteiger partial charge in [0, 0.05) is 11.9 Å². The molecule has 0 fully saturated rings. The molecule has 0 unspecified atom stereocenters. The van der Waals surface area contributed by atoms with E-state index in [1.807, 2.05) is 12.1 Å². The fourth-order valence-electron chi connectivity index (χ4n) is 2.69. The molecule has 23 heavy (non-hydrogen) atoms. The lowest BCUT2D eigenvalue weighted by molar-refractivity contribution is -0.146. The largest absolute Gasteiger partial charge is 0.462 e. The molecule has 0 aliphatic heterocycles. The number of hydrogen-bond acceptors (Lipinski definition) is 5. The van der Waals surface area contributed by atoms with Crippen molar-refractivity contribution in [1.82, 2.24) is 0 Å². The summed E-state index contributed by atoms with van der Waals surface area (Å²) in [5.74, 6) is -1.36. The number of ether oxygens (including phenoxy) is 2. The van der Waals surface area contributed by atoms with Crippen LogP contribution in [0.15, 0.2) is 30.0 Å². The van der Waals surface area contributed by atoms with Crippen LogP contribution in [0.4, 0.5) is 5.69 Å². The first-order valence-corrected chi connectivity index (χ1v) is 8.09. The third-order valence-electron chi connectivity index (χ3n) is 3.76. The Morgan fingerprint density at radius 2 is 1.74 bits per heavy atom. The van der Waals surface area contributed by atoms with Gasteiger partial charge >= 0.3 is 11.9 Å². The van der Waals surface area contributed by atoms with Crippen molar-refractivity contribution in [3.05, 3.63) is 41.1 Å². The van der Waals surface area contributed by atoms with Crippen LogP contribution in [0.3, 0.4) is 0 Å². The van der Waals surface area contributed by atoms with Gasteiger partial charge in [0.15, 0.2) is 5.57 Å². The van der Waals surface area contributed by atoms with Gasteiger partial charge in [-0.15, -0.1) is 0 Å². The lowest BCUT2D eigenvalue weighted by Gasteiger charge is -2.19. The number of rotatable bonds is 6. The molecule has 0 bridgehead atoms. The van der Waals surface area contributed by atoms with Crippen molar-refractivity contribution in [2.75, 3.05) is 18.5 Å². The van der Waals surface area contributed by atoms with E-state index >= 15 is 0 Å². The average molecular weight is 317 g/mol. The molecule has 0 heterocycles. The highest BCUT2D eigenvalue weighted by Crippen LogP contribution is 2.28. The van der Waals surface area contributed by atoms with Gasteiger partial charge < -0.3 is 14.8 Å². The predicted molar refractivity (Wildman–Crippen MR) is 88.1 cm³/mol. The number of nitrogens with one attached hydrogen (secondary N) is 1. The second kappa shape index (κ2) is 8.36. The molecule has 124 valence electrons. The fraction of sp³-hybridized carbons (Fsp3) is 0.444. The van der Waals surface area contributed by atoms with Crippen LogP contribution in [0.2, 0.25) is 0 Å². The molecule has 0 saturated carbocycles. The minimum absolute atomic E-state index is 0.123. The number of anilines is 1. The first-order valence-electron chi connectivity index (χ1n) is 8.09. The van der Waals surface area contributed by atoms with E-state index in [1.54, 1.807) is 13.8 Å². The zero-order valence-electron chi connectivity index (χ0n) is 13.7. The predicted octanol–water partition coefficient (Wildman–Crippen LogP) is 2.99. The molecule has 0 amide bonds. The van der Waals surface area contributed by atoms with Gasteiger partial charge in [-0.25, -0.2) is 9.59 Å². The summed E-state index contributed by atoms with van der Waals surface area (Å²) in [6.07, 6.45) is 5.80. The second-order valence-corrected chi connectivity index (χ2v) is 5.29. The normalized spacial score (nSPS) is 12.8. The van der Waals surface area contributed by atoms with Gasteiger partial charge in [-0.2, -0.15) is 0 Å². The average Bonchev–Trinajstić information content (AvgIpc) is 2.55. The van der Waals surface area contributed by atoms with E-state index in [0.29, 0.717) is 0 Å². The highest BCUT2D eigenvalue weighted by atomic mass is 16.6. The summed E-state index contributed by atoms with van der Waals surface area (Å²) < 4.78 is 9.85. The quantitative estimate of drug-likeness (QED) is 0.378. The Kier molecular flexibility index (Phi) is 6.20. The van der Waals surface area contributed by atoms with Crippen LogP contribution in [0.5, 0.6) is 0 Å². The van der Waals surface area contributed by atoms with E-state index in [2.05, 4.69) is 11.4 Å². The molecular formula is C18H23NO4. The molecule has 0 spiro atoms. The van der Waals surface area contributed by atoms with Gasteiger partial charge in [0.2, 0.25) is 0 Å². The summed E-state index contributed by atoms with van der Waals surface area (Å²) in [6, 6.07) is 6.06. The Hall–Kier alpha value is -2.30. The number of hydrogen-bond donors (Lipinski definition) is 1. The van der Waals surface area contributed by atoms with Crippen LogP contribution >= 0.6 is 0 Å². The molecule has 5 heteroatoms. The van der Waals surface area contributed by atoms with Crippen molar-refractivity contribution in [2.24, 2.45) is 0 Å². The van der Waals surface area contributed by atoms with E-state index in [0.717, 1.165) is 24.9 Å². The van der Waals surface area contributed by atoms with E-state index < -0.39 is 11.9 Å². The Morgan fingerprint density at radius 3 is 2.39 bits per heavy atom. The second-order valence-electron chi connectivity index (χ2n) is 5.29. The molecule has 0 atom stereocenters. The van der Waals surface area contributed by atoms with Gasteiger partial charge in [-0.1, -0.05) is 12.1 Å². The van der Waals surface area contributed by atoms with Crippen molar-refractivity contribution in [1.29, 1.82) is 0 Å². The van der Waals surface area contributed by atoms with Crippen LogP contribution in [-0.4, -0.2) is 25.2 Å². The first-order chi connectivity index (χ1) is 11.2. The molecule has 1 aromatic carbocycles. The highest BCUT2D eigenvalue weighted by Gasteiger charge is 2.21. The summed E-state index contributed by atoms with van der Waals surface area (Å²) in [5, 5.41) is 3.09. The van der Waals surface area contributed by atoms with E-state index in [4.69, 9.17) is 9.47 Å². The summed E-state index contributed by atoms with van der Waals surface area (Å²) in [6.45, 7) is 3.80. The van der Waals surface area contributed by atoms with Crippen molar-refractivity contribution in [3.8, 4) is 0 Å². The van der Waals surface area contributed by atoms with E-state index in [9.17, 15) is 9.59 Å². The third-order valence-corrected chi connectivity index (χ3v) is 3.76. The Labute approximate surface area is 136 Å². The zero-order valence-corrected chi connectivity index (χ0v) is 13.7. The smallest absolute Gasteiger partial charge is 0.347 e. The van der Waals surface area contributed by atoms with Gasteiger partial charge in [0.25, 0.3) is 0 Å². The van der Waals surface area contributed by atoms with Crippen molar-refractivity contribution in [3.63, 3.8) is 0 Å². The molecule has 2 rings (SSSR count). The van der Waals surface area contributed by atoms with Crippen LogP contribution < -0.4 is 5.32 Å². The van der Waals surface area contributed by atoms with E-state index in [1.165, 1.54) is 23.7 Å². The lowest BCUT2D eigenvalue weighted by Crippen LogP contribution is -2.19. The van der Waals surface area contributed by atoms with Crippen molar-refractivity contribution < 1.29 is 19.1 Å². The van der Waals surface area contributed by atoms with Crippen LogP contribution in [0.25, 0.3) is 0 Å². The van der Waals surface area contributed by atoms with Gasteiger partial charge in [0.1, 0.15) is 0 Å². The molecule has 5 nitrogen and oxygen atoms in total. The monoisotopic (exact) mass is 317 g/mol. The Balaban J connectivity index is 2.23. The van der Waals surface area contributed by atoms with Gasteiger partial charge in [0.05, 0.1) is 13.2 Å². The summed E-state index contributed by atoms with van der Waals surface area (Å²) >= 11 is 0. The number of benzene rings is 1. The van der Waals surface area contributed by atoms with E-state index in [-0.39, 0.29) is 18.8 Å². The standard InChI is InChI=1S/C18H23NO4/c1-3-22-17(20)15(18(21)23-4-2)12-19-16-11-7-9-13-8-5-6-10-14(13)16/h7,9,11-12,19H,3-6,8,10H2,1-2H3. The molecule has 1 N–H and O–H groups in total. The van der Waals surface area contributed by atoms with Crippen LogP contribution in [0, 0.1) is 0 Å². The Bertz CT molecular complexity index is 587. The lowest BCUT2D eigenvalue weighted by atomic mass is 9.90. The number of carbonyl (C=O) groups is 2. The third kappa shape index (κ3) is 4.34. The molecule has 1 aromatic rings. The van der Waals surface area contributed by atoms with Crippen LogP contribution in [0.1, 0.15) is 37.8 Å². The van der Waals surface area contributed by atoms with Gasteiger partial charge in [-0.05, 0) is 56.7 Å². The topological polar surface area (TPSA) is 64.6 Å². The summed E-state index contributed by atoms with van der Waals surface area (Å²) in [4.78, 5) is 23.9. The molecule has 1 aliphatic carbocycles. The summed E-state index contributed by atoms with van der Waals surface area (Å²) in [5.41, 5.74) is 3.38. The number of fused-ring (bicyclic) bond motifs is 1. The van der Waals surface area contributed by atoms with Crippen LogP contribution in [-0.2, 0) is 31.9 Å². The maximum absolute atomic E-state index is 11.9. The van der Waals surface area contributed by atoms with Crippen molar-refractivity contribution in [2.45, 2.75) is 39.5 Å². The maximum Gasteiger partial charge on any atom is 0.347 e. The number of aryl methyl sites for hydroxylation is 1. The zero-order chi connectivity index (χ0) is 16.7. The molecular weight excluding hydrogens is 294 g/mol. The summed E-state index contributed by atoms with van der Waals surface area (Å²) in [7, 11) is 0. The molecule has 0 saturated heterocycles. The number of carbonyl (C=O) groups excluding carboxylic acids is 2. The minimum Gasteiger partial charge on any atom is -0.462 e. The minimum atomic E-state index is -0.678. The fourth-order valence-corrected chi connectivity index (χ4v) is 2.69.